The number of aromatic nitrogens is 1. The van der Waals surface area contributed by atoms with Crippen molar-refractivity contribution < 1.29 is 4.42 Å². The largest absolute Gasteiger partial charge is 0.417 e. The first-order chi connectivity index (χ1) is 5.09. The van der Waals surface area contributed by atoms with Crippen molar-refractivity contribution in [2.24, 2.45) is 0 Å². The second kappa shape index (κ2) is 2.62. The minimum atomic E-state index is -0.484. The van der Waals surface area contributed by atoms with Gasteiger partial charge in [0.25, 0.3) is 0 Å². The Hall–Kier alpha value is -1.51. The van der Waals surface area contributed by atoms with Gasteiger partial charge in [0.15, 0.2) is 5.42 Å². The lowest BCUT2D eigenvalue weighted by Gasteiger charge is -1.78. The van der Waals surface area contributed by atoms with Gasteiger partial charge in [-0.2, -0.15) is 0 Å². The van der Waals surface area contributed by atoms with Gasteiger partial charge in [-0.15, -0.1) is 0 Å². The van der Waals surface area contributed by atoms with Crippen LogP contribution in [0, 0.1) is 0 Å². The van der Waals surface area contributed by atoms with Crippen molar-refractivity contribution in [3.8, 4) is 0 Å². The summed E-state index contributed by atoms with van der Waals surface area (Å²) in [5, 5.41) is 0.484. The minimum Gasteiger partial charge on any atom is -0.408 e. The average Bonchev–Trinajstić information content (AvgIpc) is 2.09. The molecular formula is C8H9NO2. The molecule has 1 heterocycles. The Labute approximate surface area is 63.4 Å². The Morgan fingerprint density at radius 2 is 2.36 bits per heavy atom. The number of nitrogens with one attached hydrogen (secondary N) is 1. The summed E-state index contributed by atoms with van der Waals surface area (Å²) in [6, 6.07) is 0. The molecule has 58 valence electrons. The molecule has 0 saturated heterocycles. The fourth-order valence-corrected chi connectivity index (χ4v) is 0.712. The Morgan fingerprint density at radius 1 is 1.73 bits per heavy atom. The second-order valence-electron chi connectivity index (χ2n) is 2.35. The maximum absolute atomic E-state index is 10.6. The molecule has 11 heavy (non-hydrogen) atoms. The summed E-state index contributed by atoms with van der Waals surface area (Å²) in [6.07, 6.45) is 1.65. The molecule has 0 atom stereocenters. The van der Waals surface area contributed by atoms with Crippen molar-refractivity contribution >= 4 is 12.7 Å². The lowest BCUT2D eigenvalue weighted by Crippen LogP contribution is -2.20. The van der Waals surface area contributed by atoms with E-state index in [1.165, 1.54) is 0 Å². The first-order valence-corrected chi connectivity index (χ1v) is 3.15. The lowest BCUT2D eigenvalue weighted by atomic mass is 10.3. The van der Waals surface area contributed by atoms with Crippen LogP contribution in [-0.4, -0.2) is 4.98 Å². The van der Waals surface area contributed by atoms with Crippen molar-refractivity contribution in [3.05, 3.63) is 33.5 Å². The van der Waals surface area contributed by atoms with Crippen LogP contribution in [0.25, 0.3) is 12.7 Å². The van der Waals surface area contributed by atoms with Crippen molar-refractivity contribution in [3.63, 3.8) is 0 Å². The summed E-state index contributed by atoms with van der Waals surface area (Å²) in [5.41, 5.74) is 1.26. The molecule has 0 saturated carbocycles. The first-order valence-electron chi connectivity index (χ1n) is 3.15. The standard InChI is InChI=1S/C8H9NO2/c1-5(2)4-7-6(3)9-8(10)11-7/h4H,1,3H2,2H3,(H,9,10)/b7-4+. The maximum Gasteiger partial charge on any atom is 0.417 e. The van der Waals surface area contributed by atoms with Crippen LogP contribution >= 0.6 is 0 Å². The molecule has 0 aliphatic heterocycles. The van der Waals surface area contributed by atoms with E-state index in [0.717, 1.165) is 5.57 Å². The van der Waals surface area contributed by atoms with Crippen LogP contribution in [0.3, 0.4) is 0 Å². The van der Waals surface area contributed by atoms with E-state index < -0.39 is 5.76 Å². The molecule has 0 fully saturated rings. The van der Waals surface area contributed by atoms with Crippen LogP contribution < -0.4 is 16.5 Å². The molecular weight excluding hydrogens is 142 g/mol. The van der Waals surface area contributed by atoms with E-state index >= 15 is 0 Å². The highest BCUT2D eigenvalue weighted by Gasteiger charge is 1.89. The Bertz CT molecular complexity index is 422. The number of oxazole rings is 1. The summed E-state index contributed by atoms with van der Waals surface area (Å²) in [6.45, 7) is 9.03. The monoisotopic (exact) mass is 151 g/mol. The fraction of sp³-hybridized carbons (Fsp3) is 0.125. The third-order valence-corrected chi connectivity index (χ3v) is 1.13. The highest BCUT2D eigenvalue weighted by Crippen LogP contribution is 1.83. The van der Waals surface area contributed by atoms with Gasteiger partial charge < -0.3 is 4.42 Å². The number of hydrogen-bond donors (Lipinski definition) is 1. The van der Waals surface area contributed by atoms with E-state index in [0.29, 0.717) is 10.8 Å². The average molecular weight is 151 g/mol. The van der Waals surface area contributed by atoms with Crippen LogP contribution in [0.5, 0.6) is 0 Å². The van der Waals surface area contributed by atoms with Crippen LogP contribution in [0.1, 0.15) is 6.92 Å². The molecule has 0 unspecified atom stereocenters. The molecule has 0 amide bonds. The van der Waals surface area contributed by atoms with Crippen LogP contribution in [0.15, 0.2) is 21.4 Å². The second-order valence-corrected chi connectivity index (χ2v) is 2.35. The minimum absolute atomic E-state index is 0.447. The van der Waals surface area contributed by atoms with Crippen molar-refractivity contribution in [1.29, 1.82) is 0 Å². The molecule has 0 aliphatic carbocycles. The number of allylic oxidation sites excluding steroid dienone is 1. The van der Waals surface area contributed by atoms with E-state index in [2.05, 4.69) is 18.1 Å². The number of rotatable bonds is 1. The quantitative estimate of drug-likeness (QED) is 0.600. The number of aromatic amines is 1. The summed E-state index contributed by atoms with van der Waals surface area (Å²) < 4.78 is 4.74. The molecule has 0 spiro atoms. The van der Waals surface area contributed by atoms with Crippen LogP contribution in [-0.2, 0) is 0 Å². The molecule has 3 nitrogen and oxygen atoms in total. The molecule has 0 radical (unpaired) electrons. The van der Waals surface area contributed by atoms with Crippen LogP contribution in [0.2, 0.25) is 0 Å². The van der Waals surface area contributed by atoms with Gasteiger partial charge in [0, 0.05) is 0 Å². The van der Waals surface area contributed by atoms with Gasteiger partial charge in [0.2, 0.25) is 0 Å². The highest BCUT2D eigenvalue weighted by molar-refractivity contribution is 5.40. The smallest absolute Gasteiger partial charge is 0.408 e. The summed E-state index contributed by atoms with van der Waals surface area (Å²) in [4.78, 5) is 13.0. The first kappa shape index (κ1) is 7.60. The van der Waals surface area contributed by atoms with Crippen molar-refractivity contribution in [2.75, 3.05) is 0 Å². The molecule has 0 bridgehead atoms. The van der Waals surface area contributed by atoms with Gasteiger partial charge >= 0.3 is 5.76 Å². The Balaban J connectivity index is 3.47. The molecule has 1 N–H and O–H groups in total. The maximum atomic E-state index is 10.6. The van der Waals surface area contributed by atoms with Gasteiger partial charge in [0.1, 0.15) is 0 Å². The van der Waals surface area contributed by atoms with Crippen molar-refractivity contribution in [1.82, 2.24) is 4.98 Å². The van der Waals surface area contributed by atoms with E-state index in [4.69, 9.17) is 4.42 Å². The lowest BCUT2D eigenvalue weighted by molar-refractivity contribution is 0.486. The van der Waals surface area contributed by atoms with Gasteiger partial charge in [-0.25, -0.2) is 4.79 Å². The van der Waals surface area contributed by atoms with Gasteiger partial charge in [0.05, 0.1) is 5.35 Å². The van der Waals surface area contributed by atoms with E-state index in [-0.39, 0.29) is 0 Å². The Morgan fingerprint density at radius 3 is 2.73 bits per heavy atom. The van der Waals surface area contributed by atoms with E-state index in [1.807, 2.05) is 6.92 Å². The van der Waals surface area contributed by atoms with E-state index in [9.17, 15) is 4.79 Å². The summed E-state index contributed by atoms with van der Waals surface area (Å²) >= 11 is 0. The van der Waals surface area contributed by atoms with Crippen LogP contribution in [0.4, 0.5) is 0 Å². The summed E-state index contributed by atoms with van der Waals surface area (Å²) in [7, 11) is 0. The molecule has 1 aromatic rings. The van der Waals surface area contributed by atoms with Gasteiger partial charge in [-0.05, 0) is 13.0 Å². The van der Waals surface area contributed by atoms with E-state index in [1.54, 1.807) is 6.08 Å². The number of hydrogen-bond acceptors (Lipinski definition) is 2. The molecule has 1 rings (SSSR count). The molecule has 3 heteroatoms. The SMILES string of the molecule is C=C(C)/C=c1/oc(=O)[nH]c1=C. The number of H-pyrrole nitrogens is 1. The topological polar surface area (TPSA) is 46.0 Å². The fourth-order valence-electron chi connectivity index (χ4n) is 0.712. The zero-order valence-electron chi connectivity index (χ0n) is 6.31. The third-order valence-electron chi connectivity index (χ3n) is 1.13. The highest BCUT2D eigenvalue weighted by atomic mass is 16.4. The molecule has 1 aromatic heterocycles. The van der Waals surface area contributed by atoms with Gasteiger partial charge in [-0.1, -0.05) is 18.7 Å². The zero-order valence-corrected chi connectivity index (χ0v) is 6.31. The third kappa shape index (κ3) is 1.70. The predicted octanol–water partition coefficient (Wildman–Crippen LogP) is -0.265. The molecule has 0 aromatic carbocycles. The predicted molar refractivity (Wildman–Crippen MR) is 43.4 cm³/mol. The van der Waals surface area contributed by atoms with Gasteiger partial charge in [-0.3, -0.25) is 4.98 Å². The molecule has 0 aliphatic rings. The zero-order chi connectivity index (χ0) is 8.43. The summed E-state index contributed by atoms with van der Waals surface area (Å²) in [5.74, 6) is -0.484. The normalized spacial score (nSPS) is 11.9. The van der Waals surface area contributed by atoms with Crippen molar-refractivity contribution in [2.45, 2.75) is 6.92 Å². The Kier molecular flexibility index (Phi) is 1.81.